The van der Waals surface area contributed by atoms with Gasteiger partial charge in [0.1, 0.15) is 16.7 Å². The van der Waals surface area contributed by atoms with Crippen molar-refractivity contribution < 1.29 is 0 Å². The SMILES string of the molecule is c1ccc(-c2nnc3nc2c2ccc(cc2)ssc2ccnc3c2)cc1. The van der Waals surface area contributed by atoms with Crippen LogP contribution in [0.15, 0.2) is 72.9 Å². The minimum atomic E-state index is 0.539. The molecule has 0 amide bonds. The molecule has 6 heteroatoms. The van der Waals surface area contributed by atoms with Crippen molar-refractivity contribution in [3.8, 4) is 11.3 Å². The minimum Gasteiger partial charge on any atom is -0.253 e. The van der Waals surface area contributed by atoms with Crippen molar-refractivity contribution in [1.29, 1.82) is 0 Å². The lowest BCUT2D eigenvalue weighted by molar-refractivity contribution is 1.05. The third-order valence-electron chi connectivity index (χ3n) is 4.06. The highest BCUT2D eigenvalue weighted by Crippen LogP contribution is 2.26. The topological polar surface area (TPSA) is 51.6 Å². The summed E-state index contributed by atoms with van der Waals surface area (Å²) in [7, 11) is 3.43. The van der Waals surface area contributed by atoms with Gasteiger partial charge < -0.3 is 0 Å². The van der Waals surface area contributed by atoms with Crippen molar-refractivity contribution in [2.24, 2.45) is 0 Å². The van der Waals surface area contributed by atoms with E-state index in [9.17, 15) is 0 Å². The van der Waals surface area contributed by atoms with E-state index in [4.69, 9.17) is 4.98 Å². The Morgan fingerprint density at radius 3 is 2.38 bits per heavy atom. The van der Waals surface area contributed by atoms with Crippen LogP contribution in [0.3, 0.4) is 0 Å². The highest BCUT2D eigenvalue weighted by Gasteiger charge is 2.08. The smallest absolute Gasteiger partial charge is 0.201 e. The maximum Gasteiger partial charge on any atom is 0.201 e. The van der Waals surface area contributed by atoms with Crippen molar-refractivity contribution in [3.05, 3.63) is 72.9 Å². The first-order valence-corrected chi connectivity index (χ1v) is 10.2. The summed E-state index contributed by atoms with van der Waals surface area (Å²) in [4.78, 5) is 9.27. The molecule has 0 aliphatic heterocycles. The Morgan fingerprint density at radius 2 is 1.54 bits per heavy atom. The van der Waals surface area contributed by atoms with Crippen LogP contribution in [-0.2, 0) is 0 Å². The van der Waals surface area contributed by atoms with Gasteiger partial charge in [-0.25, -0.2) is 4.98 Å². The molecule has 0 saturated heterocycles. The quantitative estimate of drug-likeness (QED) is 0.357. The lowest BCUT2D eigenvalue weighted by Gasteiger charge is -2.04. The van der Waals surface area contributed by atoms with Gasteiger partial charge in [-0.2, -0.15) is 0 Å². The van der Waals surface area contributed by atoms with Gasteiger partial charge in [-0.3, -0.25) is 4.98 Å². The number of nitrogens with zero attached hydrogens (tertiary/aromatic N) is 4. The van der Waals surface area contributed by atoms with Gasteiger partial charge in [0, 0.05) is 26.5 Å². The molecule has 0 N–H and O–H groups in total. The zero-order chi connectivity index (χ0) is 17.3. The van der Waals surface area contributed by atoms with E-state index in [2.05, 4.69) is 39.4 Å². The maximum absolute atomic E-state index is 4.83. The predicted molar refractivity (Wildman–Crippen MR) is 109 cm³/mol. The molecule has 0 aliphatic rings. The van der Waals surface area contributed by atoms with E-state index in [-0.39, 0.29) is 0 Å². The number of rotatable bonds is 1. The molecule has 0 saturated carbocycles. The van der Waals surface area contributed by atoms with Crippen LogP contribution in [0.1, 0.15) is 0 Å². The van der Waals surface area contributed by atoms with Crippen LogP contribution < -0.4 is 0 Å². The Bertz CT molecular complexity index is 1270. The largest absolute Gasteiger partial charge is 0.253 e. The lowest BCUT2D eigenvalue weighted by Crippen LogP contribution is -1.94. The standard InChI is InChI=1S/C20H12N4S2/c1-2-4-13(5-3-1)19-18-14-6-8-15(9-7-14)25-26-16-10-11-21-17(12-16)20(22-18)24-23-19/h1-12H. The third-order valence-corrected chi connectivity index (χ3v) is 6.46. The summed E-state index contributed by atoms with van der Waals surface area (Å²) in [5.74, 6) is 0. The van der Waals surface area contributed by atoms with Crippen LogP contribution in [0.4, 0.5) is 0 Å². The fourth-order valence-corrected chi connectivity index (χ4v) is 4.71. The summed E-state index contributed by atoms with van der Waals surface area (Å²) in [6.07, 6.45) is 1.79. The van der Waals surface area contributed by atoms with Crippen LogP contribution >= 0.6 is 20.7 Å². The van der Waals surface area contributed by atoms with Crippen molar-refractivity contribution in [2.45, 2.75) is 0 Å². The molecular weight excluding hydrogens is 360 g/mol. The first-order chi connectivity index (χ1) is 12.9. The molecule has 0 spiro atoms. The number of pyridine rings is 1. The summed E-state index contributed by atoms with van der Waals surface area (Å²) in [6.45, 7) is 0. The Morgan fingerprint density at radius 1 is 0.731 bits per heavy atom. The molecule has 124 valence electrons. The van der Waals surface area contributed by atoms with E-state index in [0.717, 1.165) is 32.4 Å². The van der Waals surface area contributed by atoms with Gasteiger partial charge in [0.15, 0.2) is 0 Å². The Labute approximate surface area is 156 Å². The van der Waals surface area contributed by atoms with Gasteiger partial charge in [-0.15, -0.1) is 10.2 Å². The first-order valence-electron chi connectivity index (χ1n) is 8.08. The fourth-order valence-electron chi connectivity index (χ4n) is 2.78. The second kappa shape index (κ2) is 6.40. The molecule has 26 heavy (non-hydrogen) atoms. The number of fused-ring (bicyclic) bond motifs is 3. The van der Waals surface area contributed by atoms with Gasteiger partial charge in [0.05, 0.1) is 0 Å². The second-order valence-electron chi connectivity index (χ2n) is 5.77. The number of hydrogen-bond acceptors (Lipinski definition) is 6. The van der Waals surface area contributed by atoms with Gasteiger partial charge in [0.25, 0.3) is 0 Å². The molecule has 0 unspecified atom stereocenters. The van der Waals surface area contributed by atoms with E-state index in [1.807, 2.05) is 42.5 Å². The van der Waals surface area contributed by atoms with E-state index < -0.39 is 0 Å². The zero-order valence-electron chi connectivity index (χ0n) is 13.5. The summed E-state index contributed by atoms with van der Waals surface area (Å²) >= 11 is 0. The van der Waals surface area contributed by atoms with Gasteiger partial charge in [-0.05, 0) is 24.3 Å². The molecule has 6 aromatic rings. The predicted octanol–water partition coefficient (Wildman–Crippen LogP) is 5.64. The normalized spacial score (nSPS) is 11.1. The molecule has 2 aromatic carbocycles. The monoisotopic (exact) mass is 372 g/mol. The molecule has 4 aromatic heterocycles. The van der Waals surface area contributed by atoms with E-state index >= 15 is 0 Å². The van der Waals surface area contributed by atoms with Crippen LogP contribution in [0, 0.1) is 0 Å². The molecule has 0 fully saturated rings. The van der Waals surface area contributed by atoms with E-state index in [1.165, 1.54) is 4.70 Å². The van der Waals surface area contributed by atoms with Gasteiger partial charge in [0.2, 0.25) is 5.65 Å². The van der Waals surface area contributed by atoms with Gasteiger partial charge in [-0.1, -0.05) is 63.1 Å². The first kappa shape index (κ1) is 15.3. The molecule has 0 atom stereocenters. The lowest BCUT2D eigenvalue weighted by atomic mass is 10.1. The zero-order valence-corrected chi connectivity index (χ0v) is 15.2. The van der Waals surface area contributed by atoms with E-state index in [1.54, 1.807) is 26.9 Å². The number of hydrogen-bond donors (Lipinski definition) is 0. The summed E-state index contributed by atoms with van der Waals surface area (Å²) in [5.41, 5.74) is 3.86. The number of aromatic nitrogens is 4. The average molecular weight is 372 g/mol. The Balaban J connectivity index is 1.98. The third kappa shape index (κ3) is 2.79. The molecule has 4 nitrogen and oxygen atoms in total. The van der Waals surface area contributed by atoms with Crippen molar-refractivity contribution in [1.82, 2.24) is 20.2 Å². The molecule has 0 radical (unpaired) electrons. The van der Waals surface area contributed by atoms with Crippen LogP contribution in [-0.4, -0.2) is 20.2 Å². The summed E-state index contributed by atoms with van der Waals surface area (Å²) < 4.78 is 2.31. The number of benzene rings is 2. The Hall–Kier alpha value is -2.96. The molecule has 6 rings (SSSR count). The van der Waals surface area contributed by atoms with Crippen LogP contribution in [0.2, 0.25) is 0 Å². The maximum atomic E-state index is 4.83. The minimum absolute atomic E-state index is 0.539. The van der Waals surface area contributed by atoms with E-state index in [0.29, 0.717) is 5.65 Å². The molecule has 6 bridgehead atoms. The fraction of sp³-hybridized carbons (Fsp3) is 0. The van der Waals surface area contributed by atoms with Crippen LogP contribution in [0.25, 0.3) is 42.7 Å². The highest BCUT2D eigenvalue weighted by atomic mass is 32.9. The summed E-state index contributed by atoms with van der Waals surface area (Å²) in [6, 6.07) is 22.4. The molecule has 4 heterocycles. The molecular formula is C20H12N4S2. The van der Waals surface area contributed by atoms with Crippen molar-refractivity contribution >= 4 is 52.1 Å². The second-order valence-corrected chi connectivity index (χ2v) is 8.04. The van der Waals surface area contributed by atoms with Gasteiger partial charge >= 0.3 is 0 Å². The van der Waals surface area contributed by atoms with Crippen molar-refractivity contribution in [2.75, 3.05) is 0 Å². The Kier molecular flexibility index (Phi) is 3.77. The van der Waals surface area contributed by atoms with Crippen LogP contribution in [0.5, 0.6) is 0 Å². The van der Waals surface area contributed by atoms with Crippen molar-refractivity contribution in [3.63, 3.8) is 0 Å². The highest BCUT2D eigenvalue weighted by molar-refractivity contribution is 7.73. The summed E-state index contributed by atoms with van der Waals surface area (Å²) in [5, 5.41) is 9.89. The molecule has 0 aliphatic carbocycles. The average Bonchev–Trinajstić information content (AvgIpc) is 2.72.